The average molecular weight is 417 g/mol. The van der Waals surface area contributed by atoms with Crippen molar-refractivity contribution in [3.8, 4) is 0 Å². The quantitative estimate of drug-likeness (QED) is 0.578. The second kappa shape index (κ2) is 8.50. The van der Waals surface area contributed by atoms with Gasteiger partial charge in [0.15, 0.2) is 5.82 Å². The van der Waals surface area contributed by atoms with Crippen LogP contribution in [0.25, 0.3) is 11.0 Å². The molecule has 11 heteroatoms. The van der Waals surface area contributed by atoms with E-state index in [-0.39, 0.29) is 23.4 Å². The predicted octanol–water partition coefficient (Wildman–Crippen LogP) is 1.80. The van der Waals surface area contributed by atoms with Crippen LogP contribution in [0.1, 0.15) is 0 Å². The van der Waals surface area contributed by atoms with E-state index in [1.807, 2.05) is 0 Å². The number of carbonyl (C=O) groups excluding carboxylic acids is 1. The zero-order valence-corrected chi connectivity index (χ0v) is 16.1. The number of nitrogens with one attached hydrogen (secondary N) is 3. The van der Waals surface area contributed by atoms with Gasteiger partial charge in [0.25, 0.3) is 0 Å². The second-order valence-corrected chi connectivity index (χ2v) is 6.80. The number of rotatable bonds is 5. The zero-order valence-electron chi connectivity index (χ0n) is 15.3. The van der Waals surface area contributed by atoms with Crippen molar-refractivity contribution in [1.82, 2.24) is 30.2 Å². The Balaban J connectivity index is 1.52. The highest BCUT2D eigenvalue weighted by atomic mass is 35.5. The van der Waals surface area contributed by atoms with Crippen molar-refractivity contribution in [2.24, 2.45) is 0 Å². The van der Waals surface area contributed by atoms with Crippen molar-refractivity contribution in [3.05, 3.63) is 41.6 Å². The normalized spacial score (nSPS) is 14.1. The molecule has 1 saturated heterocycles. The zero-order chi connectivity index (χ0) is 20.2. The van der Waals surface area contributed by atoms with Crippen LogP contribution in [0.2, 0.25) is 5.02 Å². The lowest BCUT2D eigenvalue weighted by Gasteiger charge is -2.27. The third-order valence-electron chi connectivity index (χ3n) is 4.43. The second-order valence-electron chi connectivity index (χ2n) is 6.39. The largest absolute Gasteiger partial charge is 0.345 e. The van der Waals surface area contributed by atoms with Crippen molar-refractivity contribution in [2.75, 3.05) is 43.4 Å². The predicted molar refractivity (Wildman–Crippen MR) is 108 cm³/mol. The van der Waals surface area contributed by atoms with Gasteiger partial charge in [-0.3, -0.25) is 4.79 Å². The molecule has 0 spiro atoms. The van der Waals surface area contributed by atoms with Gasteiger partial charge in [-0.15, -0.1) is 0 Å². The molecule has 0 aliphatic carbocycles. The Hall–Kier alpha value is -3.11. The van der Waals surface area contributed by atoms with Gasteiger partial charge in [0.05, 0.1) is 17.8 Å². The van der Waals surface area contributed by atoms with Crippen LogP contribution in [0.15, 0.2) is 30.7 Å². The molecule has 150 valence electrons. The minimum Gasteiger partial charge on any atom is -0.345 e. The summed E-state index contributed by atoms with van der Waals surface area (Å²) in [6, 6.07) is 4.26. The minimum absolute atomic E-state index is 0.00299. The molecule has 9 nitrogen and oxygen atoms in total. The summed E-state index contributed by atoms with van der Waals surface area (Å²) in [6.45, 7) is 3.04. The fourth-order valence-electron chi connectivity index (χ4n) is 2.92. The number of carbonyl (C=O) groups is 1. The fourth-order valence-corrected chi connectivity index (χ4v) is 3.10. The molecular weight excluding hydrogens is 399 g/mol. The SMILES string of the molecule is O=C(CNc1ncc2ncnc(Nc3ccc(F)c(Cl)c3)c2n1)N1CCNCC1. The minimum atomic E-state index is -0.507. The van der Waals surface area contributed by atoms with Crippen molar-refractivity contribution in [1.29, 1.82) is 0 Å². The molecule has 0 radical (unpaired) electrons. The number of nitrogens with zero attached hydrogens (tertiary/aromatic N) is 5. The van der Waals surface area contributed by atoms with E-state index < -0.39 is 5.82 Å². The van der Waals surface area contributed by atoms with Crippen molar-refractivity contribution in [3.63, 3.8) is 0 Å². The van der Waals surface area contributed by atoms with Crippen LogP contribution in [-0.2, 0) is 4.79 Å². The summed E-state index contributed by atoms with van der Waals surface area (Å²) in [7, 11) is 0. The molecule has 29 heavy (non-hydrogen) atoms. The summed E-state index contributed by atoms with van der Waals surface area (Å²) in [6.07, 6.45) is 2.92. The van der Waals surface area contributed by atoms with Gasteiger partial charge in [-0.1, -0.05) is 11.6 Å². The maximum Gasteiger partial charge on any atom is 0.242 e. The Kier molecular flexibility index (Phi) is 5.63. The number of fused-ring (bicyclic) bond motifs is 1. The van der Waals surface area contributed by atoms with Crippen LogP contribution in [0.4, 0.5) is 21.8 Å². The van der Waals surface area contributed by atoms with Gasteiger partial charge in [0.2, 0.25) is 11.9 Å². The van der Waals surface area contributed by atoms with Gasteiger partial charge >= 0.3 is 0 Å². The molecule has 1 aliphatic heterocycles. The van der Waals surface area contributed by atoms with E-state index in [1.165, 1.54) is 18.5 Å². The van der Waals surface area contributed by atoms with Crippen LogP contribution in [0.3, 0.4) is 0 Å². The number of aromatic nitrogens is 4. The Morgan fingerprint density at radius 3 is 2.86 bits per heavy atom. The number of hydrogen-bond acceptors (Lipinski definition) is 8. The van der Waals surface area contributed by atoms with Gasteiger partial charge in [-0.2, -0.15) is 0 Å². The molecule has 3 heterocycles. The first kappa shape index (κ1) is 19.2. The molecule has 1 aliphatic rings. The maximum absolute atomic E-state index is 13.4. The summed E-state index contributed by atoms with van der Waals surface area (Å²) in [4.78, 5) is 31.1. The van der Waals surface area contributed by atoms with Crippen molar-refractivity contribution < 1.29 is 9.18 Å². The summed E-state index contributed by atoms with van der Waals surface area (Å²) < 4.78 is 13.4. The summed E-state index contributed by atoms with van der Waals surface area (Å²) in [5.74, 6) is 0.180. The Bertz CT molecular complexity index is 1040. The molecule has 0 unspecified atom stereocenters. The van der Waals surface area contributed by atoms with Crippen molar-refractivity contribution >= 4 is 46.0 Å². The summed E-state index contributed by atoms with van der Waals surface area (Å²) in [5.41, 5.74) is 1.54. The van der Waals surface area contributed by atoms with E-state index in [0.717, 1.165) is 13.1 Å². The first-order valence-electron chi connectivity index (χ1n) is 9.02. The maximum atomic E-state index is 13.4. The number of hydrogen-bond donors (Lipinski definition) is 3. The number of piperazine rings is 1. The Labute approximate surface area is 170 Å². The van der Waals surface area contributed by atoms with Gasteiger partial charge < -0.3 is 20.9 Å². The van der Waals surface area contributed by atoms with E-state index in [4.69, 9.17) is 11.6 Å². The van der Waals surface area contributed by atoms with Gasteiger partial charge in [-0.25, -0.2) is 24.3 Å². The van der Waals surface area contributed by atoms with E-state index in [9.17, 15) is 9.18 Å². The number of amides is 1. The van der Waals surface area contributed by atoms with Crippen LogP contribution in [0, 0.1) is 5.82 Å². The highest BCUT2D eigenvalue weighted by molar-refractivity contribution is 6.31. The average Bonchev–Trinajstić information content (AvgIpc) is 2.75. The van der Waals surface area contributed by atoms with E-state index >= 15 is 0 Å². The number of anilines is 3. The van der Waals surface area contributed by atoms with Gasteiger partial charge in [0, 0.05) is 31.9 Å². The Morgan fingerprint density at radius 1 is 1.24 bits per heavy atom. The lowest BCUT2D eigenvalue weighted by molar-refractivity contribution is -0.129. The smallest absolute Gasteiger partial charge is 0.242 e. The number of halogens is 2. The van der Waals surface area contributed by atoms with Crippen molar-refractivity contribution in [2.45, 2.75) is 0 Å². The molecular formula is C18H18ClFN8O. The molecule has 4 rings (SSSR count). The van der Waals surface area contributed by atoms with Gasteiger partial charge in [0.1, 0.15) is 23.2 Å². The van der Waals surface area contributed by atoms with Crippen LogP contribution in [0.5, 0.6) is 0 Å². The molecule has 1 fully saturated rings. The first-order valence-corrected chi connectivity index (χ1v) is 9.40. The van der Waals surface area contributed by atoms with Gasteiger partial charge in [-0.05, 0) is 18.2 Å². The fraction of sp³-hybridized carbons (Fsp3) is 0.278. The van der Waals surface area contributed by atoms with Crippen LogP contribution >= 0.6 is 11.6 Å². The molecule has 1 aromatic carbocycles. The van der Waals surface area contributed by atoms with Crippen LogP contribution in [-0.4, -0.2) is 63.5 Å². The van der Waals surface area contributed by atoms with E-state index in [0.29, 0.717) is 35.6 Å². The summed E-state index contributed by atoms with van der Waals surface area (Å²) in [5, 5.41) is 9.21. The molecule has 2 aromatic heterocycles. The topological polar surface area (TPSA) is 108 Å². The third kappa shape index (κ3) is 4.49. The first-order chi connectivity index (χ1) is 14.1. The number of benzene rings is 1. The Morgan fingerprint density at radius 2 is 2.07 bits per heavy atom. The highest BCUT2D eigenvalue weighted by Gasteiger charge is 2.16. The standard InChI is InChI=1S/C18H18ClFN8O/c19-12-7-11(1-2-13(12)20)26-17-16-14(24-10-25-17)8-22-18(27-16)23-9-15(29)28-5-3-21-4-6-28/h1-2,7-8,10,21H,3-6,9H2,(H,22,23,27)(H,24,25,26). The molecule has 0 saturated carbocycles. The lowest BCUT2D eigenvalue weighted by atomic mass is 10.3. The molecule has 3 aromatic rings. The molecule has 0 atom stereocenters. The summed E-state index contributed by atoms with van der Waals surface area (Å²) >= 11 is 5.84. The molecule has 0 bridgehead atoms. The highest BCUT2D eigenvalue weighted by Crippen LogP contribution is 2.25. The van der Waals surface area contributed by atoms with E-state index in [2.05, 4.69) is 35.9 Å². The molecule has 1 amide bonds. The lowest BCUT2D eigenvalue weighted by Crippen LogP contribution is -2.48. The third-order valence-corrected chi connectivity index (χ3v) is 4.72. The monoisotopic (exact) mass is 416 g/mol. The van der Waals surface area contributed by atoms with Crippen LogP contribution < -0.4 is 16.0 Å². The molecule has 3 N–H and O–H groups in total. The van der Waals surface area contributed by atoms with E-state index in [1.54, 1.807) is 17.2 Å².